The summed E-state index contributed by atoms with van der Waals surface area (Å²) in [7, 11) is 0. The number of para-hydroxylation sites is 1. The first-order chi connectivity index (χ1) is 11.2. The molecular formula is C18H19FN2O2. The second-order valence-electron chi connectivity index (χ2n) is 5.57. The molecule has 0 radical (unpaired) electrons. The molecule has 0 bridgehead atoms. The van der Waals surface area contributed by atoms with Gasteiger partial charge in [0.05, 0.1) is 0 Å². The van der Waals surface area contributed by atoms with Crippen LogP contribution in [0.3, 0.4) is 0 Å². The van der Waals surface area contributed by atoms with Crippen LogP contribution < -0.4 is 4.74 Å². The minimum absolute atomic E-state index is 0.220. The molecular weight excluding hydrogens is 295 g/mol. The van der Waals surface area contributed by atoms with E-state index in [0.717, 1.165) is 25.2 Å². The molecule has 1 aliphatic heterocycles. The fourth-order valence-electron chi connectivity index (χ4n) is 2.59. The molecule has 2 aromatic rings. The summed E-state index contributed by atoms with van der Waals surface area (Å²) in [6.07, 6.45) is -0.308. The van der Waals surface area contributed by atoms with Crippen molar-refractivity contribution in [2.24, 2.45) is 0 Å². The van der Waals surface area contributed by atoms with Gasteiger partial charge in [0.25, 0.3) is 0 Å². The van der Waals surface area contributed by atoms with Crippen molar-refractivity contribution in [1.82, 2.24) is 9.80 Å². The first kappa shape index (κ1) is 15.5. The Hall–Kier alpha value is -2.40. The van der Waals surface area contributed by atoms with Gasteiger partial charge >= 0.3 is 6.09 Å². The smallest absolute Gasteiger partial charge is 0.410 e. The van der Waals surface area contributed by atoms with Gasteiger partial charge in [-0.15, -0.1) is 0 Å². The lowest BCUT2D eigenvalue weighted by Gasteiger charge is -2.34. The fraction of sp³-hybridized carbons (Fsp3) is 0.278. The summed E-state index contributed by atoms with van der Waals surface area (Å²) >= 11 is 0. The highest BCUT2D eigenvalue weighted by Crippen LogP contribution is 2.13. The number of hydrogen-bond donors (Lipinski definition) is 0. The van der Waals surface area contributed by atoms with Crippen LogP contribution in [0.25, 0.3) is 0 Å². The van der Waals surface area contributed by atoms with Gasteiger partial charge in [-0.2, -0.15) is 0 Å². The van der Waals surface area contributed by atoms with E-state index in [1.54, 1.807) is 29.2 Å². The molecule has 1 heterocycles. The Morgan fingerprint density at radius 1 is 0.957 bits per heavy atom. The summed E-state index contributed by atoms with van der Waals surface area (Å²) in [6.45, 7) is 3.59. The molecule has 0 spiro atoms. The molecule has 0 N–H and O–H groups in total. The Morgan fingerprint density at radius 3 is 2.26 bits per heavy atom. The van der Waals surface area contributed by atoms with Crippen LogP contribution in [-0.2, 0) is 6.54 Å². The van der Waals surface area contributed by atoms with Gasteiger partial charge in [0.15, 0.2) is 0 Å². The minimum atomic E-state index is -0.308. The third kappa shape index (κ3) is 4.29. The average molecular weight is 314 g/mol. The second kappa shape index (κ2) is 7.24. The molecule has 1 saturated heterocycles. The van der Waals surface area contributed by atoms with Crippen LogP contribution in [0.4, 0.5) is 9.18 Å². The van der Waals surface area contributed by atoms with E-state index >= 15 is 0 Å². The van der Waals surface area contributed by atoms with Gasteiger partial charge in [0, 0.05) is 32.7 Å². The number of halogens is 1. The Balaban J connectivity index is 1.48. The van der Waals surface area contributed by atoms with Gasteiger partial charge in [-0.05, 0) is 29.8 Å². The molecule has 0 aromatic heterocycles. The van der Waals surface area contributed by atoms with Crippen molar-refractivity contribution >= 4 is 6.09 Å². The lowest BCUT2D eigenvalue weighted by molar-refractivity contribution is 0.108. The summed E-state index contributed by atoms with van der Waals surface area (Å²) in [5.41, 5.74) is 1.08. The molecule has 23 heavy (non-hydrogen) atoms. The zero-order valence-electron chi connectivity index (χ0n) is 12.8. The van der Waals surface area contributed by atoms with E-state index in [9.17, 15) is 9.18 Å². The Bertz CT molecular complexity index is 638. The largest absolute Gasteiger partial charge is 0.415 e. The van der Waals surface area contributed by atoms with Crippen molar-refractivity contribution < 1.29 is 13.9 Å². The Kier molecular flexibility index (Phi) is 4.88. The van der Waals surface area contributed by atoms with Gasteiger partial charge in [-0.3, -0.25) is 4.90 Å². The van der Waals surface area contributed by atoms with Crippen LogP contribution in [0.1, 0.15) is 5.56 Å². The maximum Gasteiger partial charge on any atom is 0.415 e. The third-order valence-electron chi connectivity index (χ3n) is 3.90. The maximum atomic E-state index is 12.9. The fourth-order valence-corrected chi connectivity index (χ4v) is 2.59. The topological polar surface area (TPSA) is 32.8 Å². The van der Waals surface area contributed by atoms with Crippen molar-refractivity contribution in [3.8, 4) is 5.75 Å². The van der Waals surface area contributed by atoms with Crippen molar-refractivity contribution in [3.63, 3.8) is 0 Å². The van der Waals surface area contributed by atoms with Gasteiger partial charge in [-0.1, -0.05) is 30.3 Å². The van der Waals surface area contributed by atoms with Crippen LogP contribution in [0.5, 0.6) is 5.75 Å². The van der Waals surface area contributed by atoms with Crippen LogP contribution >= 0.6 is 0 Å². The molecule has 0 saturated carbocycles. The van der Waals surface area contributed by atoms with Crippen LogP contribution in [0.15, 0.2) is 54.6 Å². The predicted molar refractivity (Wildman–Crippen MR) is 85.7 cm³/mol. The average Bonchev–Trinajstić information content (AvgIpc) is 2.58. The zero-order valence-corrected chi connectivity index (χ0v) is 12.8. The molecule has 0 atom stereocenters. The summed E-state index contributed by atoms with van der Waals surface area (Å²) in [5, 5.41) is 0. The molecule has 120 valence electrons. The van der Waals surface area contributed by atoms with Crippen LogP contribution in [0, 0.1) is 5.82 Å². The van der Waals surface area contributed by atoms with Crippen molar-refractivity contribution in [2.75, 3.05) is 26.2 Å². The normalized spacial score (nSPS) is 15.4. The molecule has 1 fully saturated rings. The highest BCUT2D eigenvalue weighted by molar-refractivity contribution is 5.70. The zero-order chi connectivity index (χ0) is 16.1. The van der Waals surface area contributed by atoms with E-state index in [0.29, 0.717) is 18.8 Å². The molecule has 1 aliphatic rings. The summed E-state index contributed by atoms with van der Waals surface area (Å²) in [6, 6.07) is 15.6. The summed E-state index contributed by atoms with van der Waals surface area (Å²) < 4.78 is 18.3. The second-order valence-corrected chi connectivity index (χ2v) is 5.57. The number of amides is 1. The molecule has 5 heteroatoms. The number of ether oxygens (including phenoxy) is 1. The predicted octanol–water partition coefficient (Wildman–Crippen LogP) is 3.14. The third-order valence-corrected chi connectivity index (χ3v) is 3.90. The quantitative estimate of drug-likeness (QED) is 0.872. The van der Waals surface area contributed by atoms with E-state index in [1.165, 1.54) is 12.1 Å². The number of piperazine rings is 1. The van der Waals surface area contributed by atoms with Gasteiger partial charge in [-0.25, -0.2) is 9.18 Å². The Morgan fingerprint density at radius 2 is 1.61 bits per heavy atom. The summed E-state index contributed by atoms with van der Waals surface area (Å²) in [5.74, 6) is 0.341. The lowest BCUT2D eigenvalue weighted by atomic mass is 10.2. The highest BCUT2D eigenvalue weighted by atomic mass is 19.1. The monoisotopic (exact) mass is 314 g/mol. The molecule has 0 aliphatic carbocycles. The molecule has 3 rings (SSSR count). The number of hydrogen-bond acceptors (Lipinski definition) is 3. The van der Waals surface area contributed by atoms with Crippen molar-refractivity contribution in [3.05, 3.63) is 66.0 Å². The molecule has 4 nitrogen and oxygen atoms in total. The SMILES string of the molecule is O=C(Oc1ccccc1)N1CCN(Cc2ccc(F)cc2)CC1. The number of rotatable bonds is 3. The minimum Gasteiger partial charge on any atom is -0.410 e. The summed E-state index contributed by atoms with van der Waals surface area (Å²) in [4.78, 5) is 16.1. The number of carbonyl (C=O) groups excluding carboxylic acids is 1. The van der Waals surface area contributed by atoms with E-state index in [4.69, 9.17) is 4.74 Å². The lowest BCUT2D eigenvalue weighted by Crippen LogP contribution is -2.49. The first-order valence-corrected chi connectivity index (χ1v) is 7.69. The van der Waals surface area contributed by atoms with Crippen LogP contribution in [-0.4, -0.2) is 42.1 Å². The molecule has 2 aromatic carbocycles. The van der Waals surface area contributed by atoms with E-state index < -0.39 is 0 Å². The van der Waals surface area contributed by atoms with Crippen LogP contribution in [0.2, 0.25) is 0 Å². The van der Waals surface area contributed by atoms with Gasteiger partial charge in [0.2, 0.25) is 0 Å². The number of carbonyl (C=O) groups is 1. The number of benzene rings is 2. The molecule has 1 amide bonds. The van der Waals surface area contributed by atoms with Gasteiger partial charge in [0.1, 0.15) is 11.6 Å². The van der Waals surface area contributed by atoms with E-state index in [2.05, 4.69) is 4.90 Å². The standard InChI is InChI=1S/C18H19FN2O2/c19-16-8-6-15(7-9-16)14-20-10-12-21(13-11-20)18(22)23-17-4-2-1-3-5-17/h1-9H,10-14H2. The first-order valence-electron chi connectivity index (χ1n) is 7.69. The van der Waals surface area contributed by atoms with Crippen molar-refractivity contribution in [2.45, 2.75) is 6.54 Å². The highest BCUT2D eigenvalue weighted by Gasteiger charge is 2.22. The Labute approximate surface area is 135 Å². The van der Waals surface area contributed by atoms with E-state index in [-0.39, 0.29) is 11.9 Å². The van der Waals surface area contributed by atoms with Gasteiger partial charge < -0.3 is 9.64 Å². The molecule has 0 unspecified atom stereocenters. The number of nitrogens with zero attached hydrogens (tertiary/aromatic N) is 2. The maximum absolute atomic E-state index is 12.9. The van der Waals surface area contributed by atoms with Crippen molar-refractivity contribution in [1.29, 1.82) is 0 Å². The van der Waals surface area contributed by atoms with E-state index in [1.807, 2.05) is 18.2 Å².